The molecule has 2 aromatic rings. The Bertz CT molecular complexity index is 907. The zero-order chi connectivity index (χ0) is 22.9. The van der Waals surface area contributed by atoms with Crippen molar-refractivity contribution >= 4 is 17.6 Å². The molecule has 0 bridgehead atoms. The summed E-state index contributed by atoms with van der Waals surface area (Å²) in [6, 6.07) is 13.0. The van der Waals surface area contributed by atoms with E-state index >= 15 is 0 Å². The fourth-order valence-corrected chi connectivity index (χ4v) is 4.53. The summed E-state index contributed by atoms with van der Waals surface area (Å²) in [7, 11) is 0. The Hall–Kier alpha value is -3.09. The molecule has 2 heterocycles. The van der Waals surface area contributed by atoms with Gasteiger partial charge in [-0.25, -0.2) is 4.98 Å². The second kappa shape index (κ2) is 11.7. The molecule has 33 heavy (non-hydrogen) atoms. The number of amides is 2. The largest absolute Gasteiger partial charge is 0.489 e. The van der Waals surface area contributed by atoms with Gasteiger partial charge in [-0.1, -0.05) is 37.5 Å². The van der Waals surface area contributed by atoms with Gasteiger partial charge in [0.05, 0.1) is 6.61 Å². The Morgan fingerprint density at radius 2 is 1.70 bits per heavy atom. The standard InChI is InChI=1S/C26H33N3O4/c30-24(19-32-22-10-5-2-6-11-22)29-16-13-21(14-17-29)26(31)28-25-23(12-7-15-27-25)33-18-20-8-3-1-4-9-20/h2,5-7,10-12,15,20-21H,1,3-4,8-9,13-14,16-19H2,(H,27,28,31). The summed E-state index contributed by atoms with van der Waals surface area (Å²) < 4.78 is 11.6. The highest BCUT2D eigenvalue weighted by molar-refractivity contribution is 5.93. The number of ether oxygens (including phenoxy) is 2. The van der Waals surface area contributed by atoms with E-state index in [1.807, 2.05) is 42.5 Å². The first kappa shape index (κ1) is 23.1. The van der Waals surface area contributed by atoms with Gasteiger partial charge in [0.25, 0.3) is 5.91 Å². The van der Waals surface area contributed by atoms with Gasteiger partial charge in [-0.3, -0.25) is 9.59 Å². The molecule has 0 unspecified atom stereocenters. The molecule has 2 aliphatic rings. The highest BCUT2D eigenvalue weighted by atomic mass is 16.5. The maximum Gasteiger partial charge on any atom is 0.260 e. The lowest BCUT2D eigenvalue weighted by Gasteiger charge is -2.31. The number of nitrogens with one attached hydrogen (secondary N) is 1. The predicted octanol–water partition coefficient (Wildman–Crippen LogP) is 4.30. The minimum atomic E-state index is -0.155. The van der Waals surface area contributed by atoms with Crippen LogP contribution in [0.3, 0.4) is 0 Å². The van der Waals surface area contributed by atoms with E-state index in [1.54, 1.807) is 11.1 Å². The number of likely N-dealkylation sites (tertiary alicyclic amines) is 1. The van der Waals surface area contributed by atoms with Gasteiger partial charge in [-0.15, -0.1) is 0 Å². The van der Waals surface area contributed by atoms with E-state index in [0.29, 0.717) is 55.8 Å². The third-order valence-electron chi connectivity index (χ3n) is 6.54. The number of hydrogen-bond donors (Lipinski definition) is 1. The first-order valence-electron chi connectivity index (χ1n) is 12.0. The van der Waals surface area contributed by atoms with E-state index in [9.17, 15) is 9.59 Å². The van der Waals surface area contributed by atoms with Crippen molar-refractivity contribution in [1.82, 2.24) is 9.88 Å². The Morgan fingerprint density at radius 1 is 0.939 bits per heavy atom. The van der Waals surface area contributed by atoms with E-state index in [1.165, 1.54) is 32.1 Å². The summed E-state index contributed by atoms with van der Waals surface area (Å²) in [4.78, 5) is 31.4. The molecule has 4 rings (SSSR count). The van der Waals surface area contributed by atoms with Gasteiger partial charge in [0.1, 0.15) is 5.75 Å². The fraction of sp³-hybridized carbons (Fsp3) is 0.500. The summed E-state index contributed by atoms with van der Waals surface area (Å²) in [5, 5.41) is 2.96. The van der Waals surface area contributed by atoms with Crippen molar-refractivity contribution in [3.05, 3.63) is 48.7 Å². The minimum absolute atomic E-state index is 0.0104. The number of para-hydroxylation sites is 1. The molecule has 1 saturated heterocycles. The molecule has 0 spiro atoms. The van der Waals surface area contributed by atoms with Crippen LogP contribution in [0.5, 0.6) is 11.5 Å². The first-order chi connectivity index (χ1) is 16.2. The molecule has 1 aromatic carbocycles. The molecule has 1 aliphatic heterocycles. The highest BCUT2D eigenvalue weighted by Gasteiger charge is 2.28. The zero-order valence-corrected chi connectivity index (χ0v) is 19.1. The normalized spacial score (nSPS) is 17.4. The summed E-state index contributed by atoms with van der Waals surface area (Å²) in [5.74, 6) is 2.09. The van der Waals surface area contributed by atoms with Crippen LogP contribution in [0, 0.1) is 11.8 Å². The average Bonchev–Trinajstić information content (AvgIpc) is 2.88. The van der Waals surface area contributed by atoms with Gasteiger partial charge in [0, 0.05) is 25.2 Å². The zero-order valence-electron chi connectivity index (χ0n) is 19.1. The van der Waals surface area contributed by atoms with Crippen LogP contribution in [0.25, 0.3) is 0 Å². The fourth-order valence-electron chi connectivity index (χ4n) is 4.53. The average molecular weight is 452 g/mol. The summed E-state index contributed by atoms with van der Waals surface area (Å²) in [5.41, 5.74) is 0. The molecular formula is C26H33N3O4. The van der Waals surface area contributed by atoms with Gasteiger partial charge in [-0.2, -0.15) is 0 Å². The smallest absolute Gasteiger partial charge is 0.260 e. The molecule has 2 fully saturated rings. The van der Waals surface area contributed by atoms with E-state index in [2.05, 4.69) is 10.3 Å². The number of carbonyl (C=O) groups excluding carboxylic acids is 2. The molecule has 176 valence electrons. The van der Waals surface area contributed by atoms with Crippen LogP contribution < -0.4 is 14.8 Å². The van der Waals surface area contributed by atoms with E-state index in [0.717, 1.165) is 0 Å². The van der Waals surface area contributed by atoms with Crippen molar-refractivity contribution in [1.29, 1.82) is 0 Å². The lowest BCUT2D eigenvalue weighted by atomic mass is 9.90. The monoisotopic (exact) mass is 451 g/mol. The van der Waals surface area contributed by atoms with Crippen molar-refractivity contribution < 1.29 is 19.1 Å². The molecule has 2 amide bonds. The van der Waals surface area contributed by atoms with Gasteiger partial charge in [-0.05, 0) is 55.9 Å². The molecule has 7 heteroatoms. The summed E-state index contributed by atoms with van der Waals surface area (Å²) >= 11 is 0. The van der Waals surface area contributed by atoms with E-state index in [-0.39, 0.29) is 24.3 Å². The number of anilines is 1. The maximum atomic E-state index is 12.9. The lowest BCUT2D eigenvalue weighted by Crippen LogP contribution is -2.43. The van der Waals surface area contributed by atoms with Crippen molar-refractivity contribution in [2.24, 2.45) is 11.8 Å². The molecule has 1 saturated carbocycles. The van der Waals surface area contributed by atoms with Crippen molar-refractivity contribution in [3.63, 3.8) is 0 Å². The first-order valence-corrected chi connectivity index (χ1v) is 12.0. The second-order valence-electron chi connectivity index (χ2n) is 8.91. The molecule has 0 radical (unpaired) electrons. The van der Waals surface area contributed by atoms with Crippen LogP contribution in [0.4, 0.5) is 5.82 Å². The van der Waals surface area contributed by atoms with Crippen LogP contribution >= 0.6 is 0 Å². The van der Waals surface area contributed by atoms with Crippen LogP contribution in [0.2, 0.25) is 0 Å². The number of rotatable bonds is 8. The lowest BCUT2D eigenvalue weighted by molar-refractivity contribution is -0.136. The molecule has 0 atom stereocenters. The Labute approximate surface area is 195 Å². The predicted molar refractivity (Wildman–Crippen MR) is 126 cm³/mol. The van der Waals surface area contributed by atoms with Crippen LogP contribution in [0.15, 0.2) is 48.7 Å². The molecule has 7 nitrogen and oxygen atoms in total. The number of piperidine rings is 1. The SMILES string of the molecule is O=C(Nc1ncccc1OCC1CCCCC1)C1CCN(C(=O)COc2ccccc2)CC1. The summed E-state index contributed by atoms with van der Waals surface area (Å²) in [6.07, 6.45) is 9.16. The number of hydrogen-bond acceptors (Lipinski definition) is 5. The number of carbonyl (C=O) groups is 2. The van der Waals surface area contributed by atoms with E-state index < -0.39 is 0 Å². The molecule has 1 N–H and O–H groups in total. The number of nitrogens with zero attached hydrogens (tertiary/aromatic N) is 2. The molecule has 1 aliphatic carbocycles. The van der Waals surface area contributed by atoms with Gasteiger partial charge in [0.2, 0.25) is 5.91 Å². The van der Waals surface area contributed by atoms with Crippen LogP contribution in [-0.4, -0.2) is 48.0 Å². The van der Waals surface area contributed by atoms with Crippen molar-refractivity contribution in [2.45, 2.75) is 44.9 Å². The highest BCUT2D eigenvalue weighted by Crippen LogP contribution is 2.28. The van der Waals surface area contributed by atoms with Crippen molar-refractivity contribution in [3.8, 4) is 11.5 Å². The number of aromatic nitrogens is 1. The van der Waals surface area contributed by atoms with Crippen molar-refractivity contribution in [2.75, 3.05) is 31.6 Å². The third-order valence-corrected chi connectivity index (χ3v) is 6.54. The second-order valence-corrected chi connectivity index (χ2v) is 8.91. The number of pyridine rings is 1. The van der Waals surface area contributed by atoms with Crippen LogP contribution in [-0.2, 0) is 9.59 Å². The topological polar surface area (TPSA) is 80.8 Å². The Morgan fingerprint density at radius 3 is 2.45 bits per heavy atom. The summed E-state index contributed by atoms with van der Waals surface area (Å²) in [6.45, 7) is 1.77. The third kappa shape index (κ3) is 6.70. The molecular weight excluding hydrogens is 418 g/mol. The maximum absolute atomic E-state index is 12.9. The van der Waals surface area contributed by atoms with Gasteiger partial charge in [0.15, 0.2) is 18.2 Å². The van der Waals surface area contributed by atoms with Crippen LogP contribution in [0.1, 0.15) is 44.9 Å². The number of benzene rings is 1. The quantitative estimate of drug-likeness (QED) is 0.647. The van der Waals surface area contributed by atoms with Gasteiger partial charge >= 0.3 is 0 Å². The molecule has 1 aromatic heterocycles. The Balaban J connectivity index is 1.23. The van der Waals surface area contributed by atoms with E-state index in [4.69, 9.17) is 9.47 Å². The minimum Gasteiger partial charge on any atom is -0.489 e. The Kier molecular flexibility index (Phi) is 8.17. The van der Waals surface area contributed by atoms with Gasteiger partial charge < -0.3 is 19.7 Å².